The lowest BCUT2D eigenvalue weighted by molar-refractivity contribution is 0.00257. The van der Waals surface area contributed by atoms with Crippen LogP contribution in [0.4, 0.5) is 0 Å². The summed E-state index contributed by atoms with van der Waals surface area (Å²) in [5, 5.41) is 11.6. The molecule has 1 unspecified atom stereocenters. The van der Waals surface area contributed by atoms with Gasteiger partial charge in [-0.05, 0) is 46.3 Å². The van der Waals surface area contributed by atoms with E-state index < -0.39 is 5.60 Å². The number of hydrogen-bond acceptors (Lipinski definition) is 6. The lowest BCUT2D eigenvalue weighted by atomic mass is 9.94. The highest BCUT2D eigenvalue weighted by molar-refractivity contribution is 7.99. The zero-order chi connectivity index (χ0) is 16.7. The molecule has 1 N–H and O–H groups in total. The first kappa shape index (κ1) is 18.6. The van der Waals surface area contributed by atoms with Gasteiger partial charge < -0.3 is 10.0 Å². The van der Waals surface area contributed by atoms with Crippen LogP contribution in [0.2, 0.25) is 0 Å². The van der Waals surface area contributed by atoms with E-state index >= 15 is 0 Å². The Kier molecular flexibility index (Phi) is 7.27. The number of likely N-dealkylation sites (N-methyl/N-ethyl adjacent to an activating group) is 1. The topological polar surface area (TPSA) is 52.5 Å². The molecule has 0 radical (unpaired) electrons. The van der Waals surface area contributed by atoms with Crippen molar-refractivity contribution in [3.8, 4) is 0 Å². The van der Waals surface area contributed by atoms with Gasteiger partial charge in [-0.25, -0.2) is 9.97 Å². The minimum atomic E-state index is -0.546. The first-order valence-corrected chi connectivity index (χ1v) is 9.52. The molecule has 23 heavy (non-hydrogen) atoms. The number of likely N-dealkylation sites (tertiary alicyclic amines) is 1. The van der Waals surface area contributed by atoms with Crippen molar-refractivity contribution in [3.63, 3.8) is 0 Å². The highest BCUT2D eigenvalue weighted by Crippen LogP contribution is 2.24. The van der Waals surface area contributed by atoms with Crippen molar-refractivity contribution in [3.05, 3.63) is 18.0 Å². The molecule has 1 aromatic rings. The number of thioether (sulfide) groups is 1. The predicted molar refractivity (Wildman–Crippen MR) is 95.7 cm³/mol. The standard InChI is InChI=1S/C17H30N4OS/c1-4-10-23-16-18-11-15(12-19-16)13-21-8-5-6-17(22,7-9-21)14-20(2)3/h11-12,22H,4-10,13-14H2,1-3H3. The van der Waals surface area contributed by atoms with Crippen LogP contribution >= 0.6 is 11.8 Å². The van der Waals surface area contributed by atoms with Crippen LogP contribution in [0.3, 0.4) is 0 Å². The second kappa shape index (κ2) is 8.97. The Morgan fingerprint density at radius 2 is 2.00 bits per heavy atom. The number of nitrogens with zero attached hydrogens (tertiary/aromatic N) is 4. The zero-order valence-corrected chi connectivity index (χ0v) is 15.5. The number of hydrogen-bond donors (Lipinski definition) is 1. The summed E-state index contributed by atoms with van der Waals surface area (Å²) in [6, 6.07) is 0. The van der Waals surface area contributed by atoms with E-state index in [9.17, 15) is 5.11 Å². The van der Waals surface area contributed by atoms with E-state index in [1.54, 1.807) is 11.8 Å². The van der Waals surface area contributed by atoms with Gasteiger partial charge in [0.05, 0.1) is 5.60 Å². The molecular weight excluding hydrogens is 308 g/mol. The fourth-order valence-electron chi connectivity index (χ4n) is 3.09. The molecule has 1 aliphatic heterocycles. The molecule has 0 saturated carbocycles. The van der Waals surface area contributed by atoms with Crippen LogP contribution in [0.15, 0.2) is 17.6 Å². The average molecular weight is 339 g/mol. The maximum atomic E-state index is 10.7. The monoisotopic (exact) mass is 338 g/mol. The molecule has 6 heteroatoms. The molecule has 5 nitrogen and oxygen atoms in total. The third kappa shape index (κ3) is 6.37. The fraction of sp³-hybridized carbons (Fsp3) is 0.765. The van der Waals surface area contributed by atoms with Crippen molar-refractivity contribution < 1.29 is 5.11 Å². The second-order valence-corrected chi connectivity index (χ2v) is 7.88. The average Bonchev–Trinajstić information content (AvgIpc) is 2.68. The summed E-state index contributed by atoms with van der Waals surface area (Å²) < 4.78 is 0. The van der Waals surface area contributed by atoms with Crippen LogP contribution < -0.4 is 0 Å². The summed E-state index contributed by atoms with van der Waals surface area (Å²) >= 11 is 1.71. The smallest absolute Gasteiger partial charge is 0.187 e. The van der Waals surface area contributed by atoms with Crippen molar-refractivity contribution in [2.24, 2.45) is 0 Å². The van der Waals surface area contributed by atoms with Gasteiger partial charge in [0.2, 0.25) is 0 Å². The Hall–Kier alpha value is -0.690. The molecule has 1 aromatic heterocycles. The van der Waals surface area contributed by atoms with Gasteiger partial charge in [0.1, 0.15) is 0 Å². The second-order valence-electron chi connectivity index (χ2n) is 6.81. The van der Waals surface area contributed by atoms with E-state index in [1.165, 1.54) is 0 Å². The maximum absolute atomic E-state index is 10.7. The number of rotatable bonds is 7. The fourth-order valence-corrected chi connectivity index (χ4v) is 3.73. The van der Waals surface area contributed by atoms with Crippen LogP contribution in [-0.4, -0.2) is 70.0 Å². The summed E-state index contributed by atoms with van der Waals surface area (Å²) in [6.45, 7) is 5.74. The van der Waals surface area contributed by atoms with Crippen molar-refractivity contribution in [1.29, 1.82) is 0 Å². The van der Waals surface area contributed by atoms with Gasteiger partial charge in [-0.15, -0.1) is 0 Å². The highest BCUT2D eigenvalue weighted by atomic mass is 32.2. The molecule has 0 aromatic carbocycles. The summed E-state index contributed by atoms with van der Waals surface area (Å²) in [5.74, 6) is 1.07. The molecule has 0 amide bonds. The Morgan fingerprint density at radius 3 is 2.65 bits per heavy atom. The van der Waals surface area contributed by atoms with Crippen LogP contribution in [0.25, 0.3) is 0 Å². The van der Waals surface area contributed by atoms with Crippen molar-refractivity contribution >= 4 is 11.8 Å². The summed E-state index contributed by atoms with van der Waals surface area (Å²) in [7, 11) is 4.05. The van der Waals surface area contributed by atoms with Gasteiger partial charge in [-0.2, -0.15) is 0 Å². The van der Waals surface area contributed by atoms with E-state index in [4.69, 9.17) is 0 Å². The molecule has 0 aliphatic carbocycles. The summed E-state index contributed by atoms with van der Waals surface area (Å²) in [4.78, 5) is 13.4. The van der Waals surface area contributed by atoms with Crippen LogP contribution in [-0.2, 0) is 6.54 Å². The lowest BCUT2D eigenvalue weighted by Gasteiger charge is -2.30. The molecule has 0 bridgehead atoms. The first-order valence-electron chi connectivity index (χ1n) is 8.54. The molecule has 130 valence electrons. The van der Waals surface area contributed by atoms with Crippen LogP contribution in [0.1, 0.15) is 38.2 Å². The van der Waals surface area contributed by atoms with Gasteiger partial charge in [0, 0.05) is 43.3 Å². The van der Waals surface area contributed by atoms with Crippen molar-refractivity contribution in [1.82, 2.24) is 19.8 Å². The summed E-state index contributed by atoms with van der Waals surface area (Å²) in [6.07, 6.45) is 7.78. The van der Waals surface area contributed by atoms with Gasteiger partial charge in [0.25, 0.3) is 0 Å². The third-order valence-corrected chi connectivity index (χ3v) is 5.22. The van der Waals surface area contributed by atoms with Gasteiger partial charge in [-0.3, -0.25) is 4.90 Å². The van der Waals surface area contributed by atoms with Gasteiger partial charge in [0.15, 0.2) is 5.16 Å². The maximum Gasteiger partial charge on any atom is 0.187 e. The SMILES string of the molecule is CCCSc1ncc(CN2CCCC(O)(CN(C)C)CC2)cn1. The normalized spacial score (nSPS) is 23.2. The molecule has 2 heterocycles. The summed E-state index contributed by atoms with van der Waals surface area (Å²) in [5.41, 5.74) is 0.610. The number of aromatic nitrogens is 2. The largest absolute Gasteiger partial charge is 0.389 e. The Morgan fingerprint density at radius 1 is 1.26 bits per heavy atom. The van der Waals surface area contributed by atoms with Crippen LogP contribution in [0.5, 0.6) is 0 Å². The van der Waals surface area contributed by atoms with Crippen molar-refractivity contribution in [2.45, 2.75) is 49.9 Å². The number of aliphatic hydroxyl groups is 1. The van der Waals surface area contributed by atoms with E-state index in [1.807, 2.05) is 26.5 Å². The van der Waals surface area contributed by atoms with E-state index in [0.717, 1.165) is 68.3 Å². The Bertz CT molecular complexity index is 468. The van der Waals surface area contributed by atoms with E-state index in [0.29, 0.717) is 0 Å². The lowest BCUT2D eigenvalue weighted by Crippen LogP contribution is -2.40. The molecule has 1 fully saturated rings. The predicted octanol–water partition coefficient (Wildman–Crippen LogP) is 2.26. The molecule has 1 aliphatic rings. The Balaban J connectivity index is 1.86. The quantitative estimate of drug-likeness (QED) is 0.608. The van der Waals surface area contributed by atoms with Gasteiger partial charge >= 0.3 is 0 Å². The van der Waals surface area contributed by atoms with Gasteiger partial charge in [-0.1, -0.05) is 18.7 Å². The highest BCUT2D eigenvalue weighted by Gasteiger charge is 2.30. The van der Waals surface area contributed by atoms with Crippen molar-refractivity contribution in [2.75, 3.05) is 39.5 Å². The van der Waals surface area contributed by atoms with Crippen LogP contribution in [0, 0.1) is 0 Å². The molecule has 1 atom stereocenters. The van der Waals surface area contributed by atoms with E-state index in [-0.39, 0.29) is 0 Å². The Labute approximate surface area is 144 Å². The first-order chi connectivity index (χ1) is 11.0. The minimum Gasteiger partial charge on any atom is -0.389 e. The third-order valence-electron chi connectivity index (χ3n) is 4.14. The zero-order valence-electron chi connectivity index (χ0n) is 14.7. The molecule has 2 rings (SSSR count). The molecule has 1 saturated heterocycles. The minimum absolute atomic E-state index is 0.546. The molecular formula is C17H30N4OS. The molecule has 0 spiro atoms. The van der Waals surface area contributed by atoms with E-state index in [2.05, 4.69) is 26.7 Å².